The summed E-state index contributed by atoms with van der Waals surface area (Å²) in [6.45, 7) is 0. The SMILES string of the molecule is c1ccc(N=Nc2ccc(C(c3ccccc3)(c3ccccc3)c3ccccc3)cc2)cc1. The molecule has 0 aliphatic carbocycles. The van der Waals surface area contributed by atoms with Crippen LogP contribution in [0.5, 0.6) is 0 Å². The van der Waals surface area contributed by atoms with Crippen molar-refractivity contribution in [2.45, 2.75) is 5.41 Å². The van der Waals surface area contributed by atoms with Crippen molar-refractivity contribution in [1.82, 2.24) is 0 Å². The Hall–Kier alpha value is -4.30. The summed E-state index contributed by atoms with van der Waals surface area (Å²) in [4.78, 5) is 0. The number of hydrogen-bond donors (Lipinski definition) is 0. The van der Waals surface area contributed by atoms with Gasteiger partial charge in [0, 0.05) is 0 Å². The summed E-state index contributed by atoms with van der Waals surface area (Å²) in [5.41, 5.74) is 6.08. The summed E-state index contributed by atoms with van der Waals surface area (Å²) in [7, 11) is 0. The Balaban J connectivity index is 1.67. The molecule has 0 radical (unpaired) electrons. The van der Waals surface area contributed by atoms with Crippen molar-refractivity contribution in [2.75, 3.05) is 0 Å². The molecule has 0 aliphatic heterocycles. The Morgan fingerprint density at radius 1 is 0.303 bits per heavy atom. The highest BCUT2D eigenvalue weighted by atomic mass is 15.1. The molecular formula is C31H24N2. The summed E-state index contributed by atoms with van der Waals surface area (Å²) in [5, 5.41) is 8.81. The highest BCUT2D eigenvalue weighted by Crippen LogP contribution is 2.45. The average Bonchev–Trinajstić information content (AvgIpc) is 2.91. The third-order valence-electron chi connectivity index (χ3n) is 5.96. The first-order valence-corrected chi connectivity index (χ1v) is 11.1. The van der Waals surface area contributed by atoms with Gasteiger partial charge in [-0.2, -0.15) is 10.2 Å². The van der Waals surface area contributed by atoms with Crippen molar-refractivity contribution >= 4 is 11.4 Å². The second kappa shape index (κ2) is 9.46. The largest absolute Gasteiger partial charge is 0.151 e. The van der Waals surface area contributed by atoms with Gasteiger partial charge in [0.1, 0.15) is 0 Å². The van der Waals surface area contributed by atoms with Gasteiger partial charge >= 0.3 is 0 Å². The van der Waals surface area contributed by atoms with Gasteiger partial charge < -0.3 is 0 Å². The lowest BCUT2D eigenvalue weighted by atomic mass is 9.65. The van der Waals surface area contributed by atoms with Crippen LogP contribution in [0.4, 0.5) is 11.4 Å². The van der Waals surface area contributed by atoms with E-state index in [0.717, 1.165) is 11.4 Å². The number of azo groups is 1. The first kappa shape index (κ1) is 20.6. The third-order valence-corrected chi connectivity index (χ3v) is 5.96. The third kappa shape index (κ3) is 4.11. The second-order valence-corrected chi connectivity index (χ2v) is 7.93. The molecule has 2 nitrogen and oxygen atoms in total. The average molecular weight is 425 g/mol. The fraction of sp³-hybridized carbons (Fsp3) is 0.0323. The Morgan fingerprint density at radius 2 is 0.606 bits per heavy atom. The summed E-state index contributed by atoms with van der Waals surface area (Å²) >= 11 is 0. The maximum Gasteiger partial charge on any atom is 0.0857 e. The van der Waals surface area contributed by atoms with Gasteiger partial charge in [-0.3, -0.25) is 0 Å². The van der Waals surface area contributed by atoms with Crippen LogP contribution in [0, 0.1) is 0 Å². The summed E-state index contributed by atoms with van der Waals surface area (Å²) in [5.74, 6) is 0. The molecule has 0 N–H and O–H groups in total. The maximum absolute atomic E-state index is 4.44. The van der Waals surface area contributed by atoms with Crippen LogP contribution in [-0.4, -0.2) is 0 Å². The smallest absolute Gasteiger partial charge is 0.0857 e. The van der Waals surface area contributed by atoms with E-state index >= 15 is 0 Å². The van der Waals surface area contributed by atoms with E-state index in [-0.39, 0.29) is 0 Å². The van der Waals surface area contributed by atoms with Crippen LogP contribution < -0.4 is 0 Å². The highest BCUT2D eigenvalue weighted by Gasteiger charge is 2.37. The van der Waals surface area contributed by atoms with E-state index < -0.39 is 5.41 Å². The predicted octanol–water partition coefficient (Wildman–Crippen LogP) is 8.48. The number of hydrogen-bond acceptors (Lipinski definition) is 2. The standard InChI is InChI=1S/C31H24N2/c1-5-13-25(14-6-1)31(26-15-7-2-8-16-26,27-17-9-3-10-18-27)28-21-23-30(24-22-28)33-32-29-19-11-4-12-20-29/h1-24H. The molecule has 0 fully saturated rings. The maximum atomic E-state index is 4.44. The normalized spacial score (nSPS) is 11.5. The van der Waals surface area contributed by atoms with Gasteiger partial charge in [-0.1, -0.05) is 121 Å². The molecule has 0 aromatic heterocycles. The summed E-state index contributed by atoms with van der Waals surface area (Å²) in [6, 6.07) is 50.4. The lowest BCUT2D eigenvalue weighted by Crippen LogP contribution is -2.30. The van der Waals surface area contributed by atoms with E-state index in [9.17, 15) is 0 Å². The topological polar surface area (TPSA) is 24.7 Å². The molecule has 0 unspecified atom stereocenters. The zero-order valence-electron chi connectivity index (χ0n) is 18.3. The van der Waals surface area contributed by atoms with Gasteiger partial charge in [0.05, 0.1) is 16.8 Å². The van der Waals surface area contributed by atoms with Crippen LogP contribution in [-0.2, 0) is 5.41 Å². The molecule has 5 rings (SSSR count). The minimum absolute atomic E-state index is 0.446. The quantitative estimate of drug-likeness (QED) is 0.193. The number of nitrogens with zero attached hydrogens (tertiary/aromatic N) is 2. The van der Waals surface area contributed by atoms with Crippen LogP contribution in [0.1, 0.15) is 22.3 Å². The number of rotatable bonds is 6. The van der Waals surface area contributed by atoms with Gasteiger partial charge in [-0.15, -0.1) is 0 Å². The zero-order chi connectivity index (χ0) is 22.3. The first-order chi connectivity index (χ1) is 16.4. The molecule has 0 atom stereocenters. The molecule has 0 amide bonds. The summed E-state index contributed by atoms with van der Waals surface area (Å²) in [6.07, 6.45) is 0. The monoisotopic (exact) mass is 424 g/mol. The molecule has 158 valence electrons. The zero-order valence-corrected chi connectivity index (χ0v) is 18.3. The Kier molecular flexibility index (Phi) is 5.90. The molecule has 2 heteroatoms. The molecule has 0 aliphatic rings. The van der Waals surface area contributed by atoms with Gasteiger partial charge in [0.15, 0.2) is 0 Å². The van der Waals surface area contributed by atoms with Gasteiger partial charge in [-0.25, -0.2) is 0 Å². The molecule has 5 aromatic rings. The van der Waals surface area contributed by atoms with Crippen LogP contribution in [0.3, 0.4) is 0 Å². The molecule has 5 aromatic carbocycles. The van der Waals surface area contributed by atoms with E-state index in [0.29, 0.717) is 0 Å². The molecular weight excluding hydrogens is 400 g/mol. The lowest BCUT2D eigenvalue weighted by Gasteiger charge is -2.36. The number of benzene rings is 5. The van der Waals surface area contributed by atoms with Gasteiger partial charge in [-0.05, 0) is 46.5 Å². The fourth-order valence-corrected chi connectivity index (χ4v) is 4.45. The van der Waals surface area contributed by atoms with Crippen LogP contribution >= 0.6 is 0 Å². The van der Waals surface area contributed by atoms with E-state index in [4.69, 9.17) is 0 Å². The Morgan fingerprint density at radius 3 is 1.00 bits per heavy atom. The van der Waals surface area contributed by atoms with E-state index in [1.165, 1.54) is 22.3 Å². The molecule has 0 spiro atoms. The van der Waals surface area contributed by atoms with Crippen LogP contribution in [0.15, 0.2) is 156 Å². The van der Waals surface area contributed by atoms with Crippen LogP contribution in [0.25, 0.3) is 0 Å². The second-order valence-electron chi connectivity index (χ2n) is 7.93. The fourth-order valence-electron chi connectivity index (χ4n) is 4.45. The van der Waals surface area contributed by atoms with Crippen molar-refractivity contribution in [3.8, 4) is 0 Å². The van der Waals surface area contributed by atoms with E-state index in [2.05, 4.69) is 113 Å². The highest BCUT2D eigenvalue weighted by molar-refractivity contribution is 5.60. The lowest BCUT2D eigenvalue weighted by molar-refractivity contribution is 0.745. The van der Waals surface area contributed by atoms with Crippen LogP contribution in [0.2, 0.25) is 0 Å². The Bertz CT molecular complexity index is 1220. The van der Waals surface area contributed by atoms with E-state index in [1.54, 1.807) is 0 Å². The molecule has 0 bridgehead atoms. The summed E-state index contributed by atoms with van der Waals surface area (Å²) < 4.78 is 0. The first-order valence-electron chi connectivity index (χ1n) is 11.1. The Labute approximate surface area is 194 Å². The molecule has 33 heavy (non-hydrogen) atoms. The molecule has 0 saturated heterocycles. The van der Waals surface area contributed by atoms with Gasteiger partial charge in [0.25, 0.3) is 0 Å². The van der Waals surface area contributed by atoms with E-state index in [1.807, 2.05) is 42.5 Å². The van der Waals surface area contributed by atoms with Gasteiger partial charge in [0.2, 0.25) is 0 Å². The van der Waals surface area contributed by atoms with Crippen molar-refractivity contribution in [3.63, 3.8) is 0 Å². The van der Waals surface area contributed by atoms with Crippen molar-refractivity contribution < 1.29 is 0 Å². The predicted molar refractivity (Wildman–Crippen MR) is 135 cm³/mol. The minimum Gasteiger partial charge on any atom is -0.151 e. The molecule has 0 heterocycles. The van der Waals surface area contributed by atoms with Crippen molar-refractivity contribution in [1.29, 1.82) is 0 Å². The van der Waals surface area contributed by atoms with Crippen molar-refractivity contribution in [2.24, 2.45) is 10.2 Å². The molecule has 0 saturated carbocycles. The minimum atomic E-state index is -0.446. The van der Waals surface area contributed by atoms with Crippen molar-refractivity contribution in [3.05, 3.63) is 168 Å².